The molecule has 1 aliphatic rings. The van der Waals surface area contributed by atoms with Crippen LogP contribution in [0.2, 0.25) is 0 Å². The summed E-state index contributed by atoms with van der Waals surface area (Å²) in [7, 11) is 0. The van der Waals surface area contributed by atoms with Crippen LogP contribution < -0.4 is 10.6 Å². The highest BCUT2D eigenvalue weighted by molar-refractivity contribution is 6.01. The number of ether oxygens (including phenoxy) is 1. The number of amides is 2. The first-order chi connectivity index (χ1) is 15.6. The monoisotopic (exact) mass is 435 g/mol. The van der Waals surface area contributed by atoms with Crippen LogP contribution in [0.5, 0.6) is 0 Å². The quantitative estimate of drug-likeness (QED) is 0.383. The number of benzene rings is 2. The number of aromatic nitrogens is 4. The second kappa shape index (κ2) is 8.77. The minimum atomic E-state index is -0.512. The van der Waals surface area contributed by atoms with Gasteiger partial charge in [-0.2, -0.15) is 5.10 Å². The third kappa shape index (κ3) is 4.46. The summed E-state index contributed by atoms with van der Waals surface area (Å²) in [6.07, 6.45) is 1.50. The van der Waals surface area contributed by atoms with Gasteiger partial charge in [0.1, 0.15) is 11.5 Å². The van der Waals surface area contributed by atoms with E-state index >= 15 is 0 Å². The third-order valence-corrected chi connectivity index (χ3v) is 5.26. The van der Waals surface area contributed by atoms with Crippen molar-refractivity contribution in [2.45, 2.75) is 6.54 Å². The second-order valence-electron chi connectivity index (χ2n) is 7.57. The van der Waals surface area contributed by atoms with Crippen LogP contribution in [0.15, 0.2) is 48.7 Å². The van der Waals surface area contributed by atoms with E-state index in [-0.39, 0.29) is 0 Å². The molecule has 0 spiro atoms. The molecule has 0 bridgehead atoms. The summed E-state index contributed by atoms with van der Waals surface area (Å²) in [5.74, 6) is 0.129. The maximum Gasteiger partial charge on any atom is 0.323 e. The molecule has 0 radical (unpaired) electrons. The molecule has 9 nitrogen and oxygen atoms in total. The Bertz CT molecular complexity index is 1250. The van der Waals surface area contributed by atoms with Crippen LogP contribution >= 0.6 is 0 Å². The second-order valence-corrected chi connectivity index (χ2v) is 7.57. The number of nitrogens with zero attached hydrogens (tertiary/aromatic N) is 3. The van der Waals surface area contributed by atoms with Crippen molar-refractivity contribution in [2.75, 3.05) is 36.9 Å². The van der Waals surface area contributed by atoms with Gasteiger partial charge in [0.05, 0.1) is 36.1 Å². The number of halogens is 1. The summed E-state index contributed by atoms with van der Waals surface area (Å²) in [5, 5.41) is 12.2. The summed E-state index contributed by atoms with van der Waals surface area (Å²) >= 11 is 0. The highest BCUT2D eigenvalue weighted by atomic mass is 19.1. The Labute approximate surface area is 183 Å². The van der Waals surface area contributed by atoms with E-state index in [9.17, 15) is 9.18 Å². The Balaban J connectivity index is 1.32. The van der Waals surface area contributed by atoms with Crippen molar-refractivity contribution < 1.29 is 13.9 Å². The lowest BCUT2D eigenvalue weighted by Crippen LogP contribution is -2.35. The van der Waals surface area contributed by atoms with E-state index in [1.54, 1.807) is 6.07 Å². The van der Waals surface area contributed by atoms with E-state index in [2.05, 4.69) is 47.8 Å². The van der Waals surface area contributed by atoms with Crippen LogP contribution in [0.3, 0.4) is 0 Å². The lowest BCUT2D eigenvalue weighted by molar-refractivity contribution is 0.0342. The molecule has 2 aromatic carbocycles. The van der Waals surface area contributed by atoms with Gasteiger partial charge in [0.15, 0.2) is 5.82 Å². The van der Waals surface area contributed by atoms with E-state index in [1.165, 1.54) is 30.0 Å². The Kier molecular flexibility index (Phi) is 5.53. The fourth-order valence-electron chi connectivity index (χ4n) is 3.70. The normalized spacial score (nSPS) is 14.5. The van der Waals surface area contributed by atoms with E-state index in [0.717, 1.165) is 43.9 Å². The minimum Gasteiger partial charge on any atom is -0.379 e. The van der Waals surface area contributed by atoms with Crippen molar-refractivity contribution in [1.82, 2.24) is 25.1 Å². The van der Waals surface area contributed by atoms with Gasteiger partial charge in [-0.25, -0.2) is 14.2 Å². The van der Waals surface area contributed by atoms with Crippen LogP contribution in [-0.4, -0.2) is 57.4 Å². The number of imidazole rings is 1. The van der Waals surface area contributed by atoms with E-state index < -0.39 is 11.8 Å². The number of morpholine rings is 1. The van der Waals surface area contributed by atoms with E-state index in [4.69, 9.17) is 4.74 Å². The number of nitrogens with one attached hydrogen (secondary N) is 4. The maximum atomic E-state index is 13.3. The number of carbonyl (C=O) groups excluding carboxylic acids is 1. The van der Waals surface area contributed by atoms with Crippen molar-refractivity contribution >= 4 is 28.4 Å². The predicted molar refractivity (Wildman–Crippen MR) is 119 cm³/mol. The zero-order valence-corrected chi connectivity index (χ0v) is 17.2. The lowest BCUT2D eigenvalue weighted by atomic mass is 10.2. The van der Waals surface area contributed by atoms with Crippen LogP contribution in [0.1, 0.15) is 5.56 Å². The number of H-pyrrole nitrogens is 2. The molecule has 0 atom stereocenters. The molecule has 2 aromatic heterocycles. The van der Waals surface area contributed by atoms with Gasteiger partial charge in [-0.3, -0.25) is 10.00 Å². The molecule has 0 aliphatic carbocycles. The SMILES string of the molecule is O=C(Nc1cccc(F)c1)Nc1cn[nH]c1-c1nc2ccc(CN3CCOCC3)cc2[nH]1. The van der Waals surface area contributed by atoms with E-state index in [1.807, 2.05) is 6.07 Å². The predicted octanol–water partition coefficient (Wildman–Crippen LogP) is 3.57. The largest absolute Gasteiger partial charge is 0.379 e. The molecule has 164 valence electrons. The molecule has 0 saturated carbocycles. The van der Waals surface area contributed by atoms with Gasteiger partial charge < -0.3 is 20.4 Å². The first kappa shape index (κ1) is 20.2. The molecule has 1 saturated heterocycles. The standard InChI is InChI=1S/C22H22FN7O2/c23-15-2-1-3-16(11-15)25-22(31)28-19-12-24-29-20(19)21-26-17-5-4-14(10-18(17)27-21)13-30-6-8-32-9-7-30/h1-5,10-12H,6-9,13H2,(H,24,29)(H,26,27)(H2,25,28,31). The Morgan fingerprint density at radius 1 is 1.16 bits per heavy atom. The molecule has 4 N–H and O–H groups in total. The van der Waals surface area contributed by atoms with Gasteiger partial charge in [-0.1, -0.05) is 12.1 Å². The van der Waals surface area contributed by atoms with Gasteiger partial charge in [-0.05, 0) is 35.9 Å². The Hall–Kier alpha value is -3.76. The molecule has 5 rings (SSSR count). The third-order valence-electron chi connectivity index (χ3n) is 5.26. The fraction of sp³-hybridized carbons (Fsp3) is 0.227. The summed E-state index contributed by atoms with van der Waals surface area (Å²) in [4.78, 5) is 22.6. The average Bonchev–Trinajstić information content (AvgIpc) is 3.40. The number of urea groups is 1. The summed E-state index contributed by atoms with van der Waals surface area (Å²) in [6, 6.07) is 11.3. The molecule has 4 aromatic rings. The molecule has 0 unspecified atom stereocenters. The molecule has 10 heteroatoms. The molecular formula is C22H22FN7O2. The first-order valence-electron chi connectivity index (χ1n) is 10.3. The zero-order chi connectivity index (χ0) is 21.9. The number of aromatic amines is 2. The molecule has 1 aliphatic heterocycles. The number of hydrogen-bond donors (Lipinski definition) is 4. The summed E-state index contributed by atoms with van der Waals surface area (Å²) < 4.78 is 18.7. The van der Waals surface area contributed by atoms with Crippen LogP contribution in [-0.2, 0) is 11.3 Å². The molecule has 32 heavy (non-hydrogen) atoms. The van der Waals surface area contributed by atoms with Gasteiger partial charge in [0.25, 0.3) is 0 Å². The van der Waals surface area contributed by atoms with Gasteiger partial charge in [0, 0.05) is 25.3 Å². The smallest absolute Gasteiger partial charge is 0.323 e. The van der Waals surface area contributed by atoms with Crippen LogP contribution in [0.4, 0.5) is 20.6 Å². The minimum absolute atomic E-state index is 0.351. The van der Waals surface area contributed by atoms with Crippen molar-refractivity contribution in [3.63, 3.8) is 0 Å². The number of carbonyl (C=O) groups is 1. The Morgan fingerprint density at radius 3 is 2.88 bits per heavy atom. The van der Waals surface area contributed by atoms with Crippen molar-refractivity contribution in [2.24, 2.45) is 0 Å². The van der Waals surface area contributed by atoms with Crippen molar-refractivity contribution in [3.05, 3.63) is 60.0 Å². The molecule has 3 heterocycles. The summed E-state index contributed by atoms with van der Waals surface area (Å²) in [6.45, 7) is 4.22. The van der Waals surface area contributed by atoms with Gasteiger partial charge >= 0.3 is 6.03 Å². The average molecular weight is 435 g/mol. The zero-order valence-electron chi connectivity index (χ0n) is 17.2. The fourth-order valence-corrected chi connectivity index (χ4v) is 3.70. The number of rotatable bonds is 5. The van der Waals surface area contributed by atoms with Crippen molar-refractivity contribution in [1.29, 1.82) is 0 Å². The Morgan fingerprint density at radius 2 is 2.03 bits per heavy atom. The van der Waals surface area contributed by atoms with Crippen molar-refractivity contribution in [3.8, 4) is 11.5 Å². The summed E-state index contributed by atoms with van der Waals surface area (Å²) in [5.41, 5.74) is 4.25. The lowest BCUT2D eigenvalue weighted by Gasteiger charge is -2.26. The first-order valence-corrected chi connectivity index (χ1v) is 10.3. The molecular weight excluding hydrogens is 413 g/mol. The molecule has 2 amide bonds. The number of hydrogen-bond acceptors (Lipinski definition) is 5. The highest BCUT2D eigenvalue weighted by Gasteiger charge is 2.16. The number of fused-ring (bicyclic) bond motifs is 1. The van der Waals surface area contributed by atoms with Crippen LogP contribution in [0.25, 0.3) is 22.6 Å². The maximum absolute atomic E-state index is 13.3. The number of anilines is 2. The van der Waals surface area contributed by atoms with Crippen LogP contribution in [0, 0.1) is 5.82 Å². The van der Waals surface area contributed by atoms with Gasteiger partial charge in [-0.15, -0.1) is 0 Å². The van der Waals surface area contributed by atoms with E-state index in [0.29, 0.717) is 22.9 Å². The van der Waals surface area contributed by atoms with Gasteiger partial charge in [0.2, 0.25) is 0 Å². The highest BCUT2D eigenvalue weighted by Crippen LogP contribution is 2.26. The topological polar surface area (TPSA) is 111 Å². The molecule has 1 fully saturated rings.